The van der Waals surface area contributed by atoms with E-state index < -0.39 is 10.0 Å². The number of rotatable bonds is 7. The molecule has 2 aromatic rings. The van der Waals surface area contributed by atoms with Crippen molar-refractivity contribution in [3.63, 3.8) is 0 Å². The molecular weight excluding hydrogens is 350 g/mol. The van der Waals surface area contributed by atoms with Crippen LogP contribution in [0.1, 0.15) is 0 Å². The maximum atomic E-state index is 12.3. The van der Waals surface area contributed by atoms with Gasteiger partial charge in [0.05, 0.1) is 12.0 Å². The highest BCUT2D eigenvalue weighted by Crippen LogP contribution is 2.16. The predicted molar refractivity (Wildman–Crippen MR) is 103 cm³/mol. The normalized spacial score (nSPS) is 15.8. The van der Waals surface area contributed by atoms with Gasteiger partial charge in [0, 0.05) is 45.0 Å². The van der Waals surface area contributed by atoms with E-state index in [0.717, 1.165) is 26.2 Å². The van der Waals surface area contributed by atoms with Crippen LogP contribution >= 0.6 is 0 Å². The Morgan fingerprint density at radius 2 is 1.62 bits per heavy atom. The zero-order chi connectivity index (χ0) is 18.4. The molecule has 140 valence electrons. The van der Waals surface area contributed by atoms with Gasteiger partial charge in [0.2, 0.25) is 10.0 Å². The van der Waals surface area contributed by atoms with Gasteiger partial charge in [0.15, 0.2) is 0 Å². The van der Waals surface area contributed by atoms with Crippen molar-refractivity contribution in [1.82, 2.24) is 9.62 Å². The van der Waals surface area contributed by atoms with Gasteiger partial charge >= 0.3 is 0 Å². The average molecular weight is 375 g/mol. The van der Waals surface area contributed by atoms with E-state index in [4.69, 9.17) is 4.74 Å². The summed E-state index contributed by atoms with van der Waals surface area (Å²) in [7, 11) is -1.93. The molecule has 0 radical (unpaired) electrons. The minimum Gasteiger partial charge on any atom is -0.497 e. The summed E-state index contributed by atoms with van der Waals surface area (Å²) in [6, 6.07) is 16.8. The Hall–Kier alpha value is -2.09. The van der Waals surface area contributed by atoms with E-state index in [0.29, 0.717) is 18.8 Å². The first-order valence-corrected chi connectivity index (χ1v) is 10.2. The number of benzene rings is 2. The number of methoxy groups -OCH3 is 1. The van der Waals surface area contributed by atoms with Gasteiger partial charge in [-0.3, -0.25) is 4.90 Å². The van der Waals surface area contributed by atoms with Crippen molar-refractivity contribution >= 4 is 15.7 Å². The summed E-state index contributed by atoms with van der Waals surface area (Å²) in [4.78, 5) is 4.90. The highest BCUT2D eigenvalue weighted by atomic mass is 32.2. The second-order valence-corrected chi connectivity index (χ2v) is 8.00. The van der Waals surface area contributed by atoms with Crippen LogP contribution in [0.15, 0.2) is 59.5 Å². The van der Waals surface area contributed by atoms with Crippen molar-refractivity contribution < 1.29 is 13.2 Å². The number of hydrogen-bond acceptors (Lipinski definition) is 5. The third kappa shape index (κ3) is 4.75. The van der Waals surface area contributed by atoms with Crippen LogP contribution in [0.2, 0.25) is 0 Å². The second-order valence-electron chi connectivity index (χ2n) is 6.24. The number of piperazine rings is 1. The molecule has 1 aliphatic rings. The van der Waals surface area contributed by atoms with Crippen LogP contribution in [0.3, 0.4) is 0 Å². The SMILES string of the molecule is COc1ccc(S(=O)(=O)NCCN2CCN(c3ccccc3)CC2)cc1. The van der Waals surface area contributed by atoms with E-state index in [2.05, 4.69) is 38.8 Å². The van der Waals surface area contributed by atoms with Crippen molar-refractivity contribution in [2.75, 3.05) is 51.3 Å². The monoisotopic (exact) mass is 375 g/mol. The lowest BCUT2D eigenvalue weighted by Crippen LogP contribution is -2.48. The van der Waals surface area contributed by atoms with Crippen LogP contribution in [0.25, 0.3) is 0 Å². The zero-order valence-corrected chi connectivity index (χ0v) is 15.8. The van der Waals surface area contributed by atoms with Gasteiger partial charge in [0.25, 0.3) is 0 Å². The van der Waals surface area contributed by atoms with Gasteiger partial charge in [-0.15, -0.1) is 0 Å². The van der Waals surface area contributed by atoms with Gasteiger partial charge in [-0.1, -0.05) is 18.2 Å². The quantitative estimate of drug-likeness (QED) is 0.800. The first-order chi connectivity index (χ1) is 12.6. The third-order valence-electron chi connectivity index (χ3n) is 4.58. The Balaban J connectivity index is 1.45. The summed E-state index contributed by atoms with van der Waals surface area (Å²) in [5.74, 6) is 0.639. The molecule has 0 spiro atoms. The van der Waals surface area contributed by atoms with E-state index >= 15 is 0 Å². The molecule has 26 heavy (non-hydrogen) atoms. The van der Waals surface area contributed by atoms with Crippen LogP contribution in [-0.2, 0) is 10.0 Å². The maximum absolute atomic E-state index is 12.3. The summed E-state index contributed by atoms with van der Waals surface area (Å²) >= 11 is 0. The molecule has 1 aliphatic heterocycles. The van der Waals surface area contributed by atoms with E-state index in [1.807, 2.05) is 6.07 Å². The van der Waals surface area contributed by atoms with Gasteiger partial charge in [-0.05, 0) is 36.4 Å². The van der Waals surface area contributed by atoms with Crippen LogP contribution < -0.4 is 14.4 Å². The molecule has 0 aromatic heterocycles. The first-order valence-electron chi connectivity index (χ1n) is 8.74. The van der Waals surface area contributed by atoms with Crippen LogP contribution in [-0.4, -0.2) is 59.7 Å². The number of hydrogen-bond donors (Lipinski definition) is 1. The van der Waals surface area contributed by atoms with Gasteiger partial charge in [0.1, 0.15) is 5.75 Å². The van der Waals surface area contributed by atoms with Crippen molar-refractivity contribution in [1.29, 1.82) is 0 Å². The Labute approximate surface area is 155 Å². The topological polar surface area (TPSA) is 61.9 Å². The Bertz CT molecular complexity index is 787. The van der Waals surface area contributed by atoms with Crippen molar-refractivity contribution in [3.05, 3.63) is 54.6 Å². The standard InChI is InChI=1S/C19H25N3O3S/c1-25-18-7-9-19(10-8-18)26(23,24)20-11-12-21-13-15-22(16-14-21)17-5-3-2-4-6-17/h2-10,20H,11-16H2,1H3. The molecule has 1 N–H and O–H groups in total. The van der Waals surface area contributed by atoms with E-state index in [1.165, 1.54) is 5.69 Å². The zero-order valence-electron chi connectivity index (χ0n) is 15.0. The summed E-state index contributed by atoms with van der Waals surface area (Å²) in [6.45, 7) is 4.88. The Morgan fingerprint density at radius 3 is 2.23 bits per heavy atom. The summed E-state index contributed by atoms with van der Waals surface area (Å²) in [6.07, 6.45) is 0. The number of anilines is 1. The van der Waals surface area contributed by atoms with E-state index in [9.17, 15) is 8.42 Å². The lowest BCUT2D eigenvalue weighted by atomic mass is 10.2. The number of ether oxygens (including phenoxy) is 1. The molecule has 2 aromatic carbocycles. The fraction of sp³-hybridized carbons (Fsp3) is 0.368. The molecule has 3 rings (SSSR count). The fourth-order valence-electron chi connectivity index (χ4n) is 3.04. The molecule has 1 heterocycles. The van der Waals surface area contributed by atoms with E-state index in [-0.39, 0.29) is 4.90 Å². The lowest BCUT2D eigenvalue weighted by Gasteiger charge is -2.36. The summed E-state index contributed by atoms with van der Waals surface area (Å²) in [5.41, 5.74) is 1.24. The molecular formula is C19H25N3O3S. The van der Waals surface area contributed by atoms with Crippen LogP contribution in [0, 0.1) is 0 Å². The molecule has 1 fully saturated rings. The maximum Gasteiger partial charge on any atom is 0.240 e. The fourth-order valence-corrected chi connectivity index (χ4v) is 4.07. The number of para-hydroxylation sites is 1. The number of nitrogens with one attached hydrogen (secondary N) is 1. The highest BCUT2D eigenvalue weighted by Gasteiger charge is 2.18. The van der Waals surface area contributed by atoms with Crippen LogP contribution in [0.4, 0.5) is 5.69 Å². The molecule has 0 bridgehead atoms. The van der Waals surface area contributed by atoms with Crippen LogP contribution in [0.5, 0.6) is 5.75 Å². The smallest absolute Gasteiger partial charge is 0.240 e. The van der Waals surface area contributed by atoms with E-state index in [1.54, 1.807) is 31.4 Å². The van der Waals surface area contributed by atoms with Crippen molar-refractivity contribution in [2.24, 2.45) is 0 Å². The van der Waals surface area contributed by atoms with Gasteiger partial charge in [-0.25, -0.2) is 13.1 Å². The number of sulfonamides is 1. The Morgan fingerprint density at radius 1 is 0.962 bits per heavy atom. The van der Waals surface area contributed by atoms with Gasteiger partial charge in [-0.2, -0.15) is 0 Å². The molecule has 7 heteroatoms. The molecule has 0 amide bonds. The highest BCUT2D eigenvalue weighted by molar-refractivity contribution is 7.89. The molecule has 1 saturated heterocycles. The molecule has 0 unspecified atom stereocenters. The first kappa shape index (κ1) is 18.7. The largest absolute Gasteiger partial charge is 0.497 e. The van der Waals surface area contributed by atoms with Crippen molar-refractivity contribution in [2.45, 2.75) is 4.90 Å². The molecule has 0 saturated carbocycles. The lowest BCUT2D eigenvalue weighted by molar-refractivity contribution is 0.262. The minimum absolute atomic E-state index is 0.257. The molecule has 0 aliphatic carbocycles. The summed E-state index contributed by atoms with van der Waals surface area (Å²) in [5, 5.41) is 0. The summed E-state index contributed by atoms with van der Waals surface area (Å²) < 4.78 is 32.4. The molecule has 6 nitrogen and oxygen atoms in total. The third-order valence-corrected chi connectivity index (χ3v) is 6.06. The average Bonchev–Trinajstić information content (AvgIpc) is 2.69. The Kier molecular flexibility index (Phi) is 6.13. The number of nitrogens with zero attached hydrogens (tertiary/aromatic N) is 2. The van der Waals surface area contributed by atoms with Gasteiger partial charge < -0.3 is 9.64 Å². The van der Waals surface area contributed by atoms with Crippen molar-refractivity contribution in [3.8, 4) is 5.75 Å². The second kappa shape index (κ2) is 8.53. The molecule has 0 atom stereocenters. The minimum atomic E-state index is -3.48. The predicted octanol–water partition coefficient (Wildman–Crippen LogP) is 1.80.